The van der Waals surface area contributed by atoms with Crippen molar-refractivity contribution in [3.63, 3.8) is 0 Å². The van der Waals surface area contributed by atoms with Gasteiger partial charge < -0.3 is 0 Å². The Morgan fingerprint density at radius 2 is 2.46 bits per heavy atom. The maximum atomic E-state index is 10.7. The third-order valence-corrected chi connectivity index (χ3v) is 2.26. The second kappa shape index (κ2) is 4.45. The van der Waals surface area contributed by atoms with Crippen LogP contribution in [0.15, 0.2) is 23.3 Å². The highest BCUT2D eigenvalue weighted by Crippen LogP contribution is 2.16. The summed E-state index contributed by atoms with van der Waals surface area (Å²) in [7, 11) is 0. The molecule has 1 heterocycles. The Morgan fingerprint density at radius 3 is 3.00 bits per heavy atom. The lowest BCUT2D eigenvalue weighted by atomic mass is 10.4. The number of rotatable bonds is 2. The van der Waals surface area contributed by atoms with Crippen molar-refractivity contribution < 1.29 is 4.79 Å². The van der Waals surface area contributed by atoms with Gasteiger partial charge in [-0.1, -0.05) is 0 Å². The van der Waals surface area contributed by atoms with Crippen molar-refractivity contribution in [2.24, 2.45) is 5.11 Å². The molecule has 0 bridgehead atoms. The molecule has 1 aromatic rings. The Morgan fingerprint density at radius 1 is 1.69 bits per heavy atom. The maximum Gasteiger partial charge on any atom is 0.242 e. The second-order valence-corrected chi connectivity index (χ2v) is 3.63. The molecule has 1 aromatic heterocycles. The fourth-order valence-corrected chi connectivity index (χ4v) is 1.55. The first-order chi connectivity index (χ1) is 6.22. The average Bonchev–Trinajstić information content (AvgIpc) is 2.49. The van der Waals surface area contributed by atoms with Crippen LogP contribution < -0.4 is 0 Å². The monoisotopic (exact) mass is 193 g/mol. The Kier molecular flexibility index (Phi) is 3.25. The zero-order valence-electron chi connectivity index (χ0n) is 6.97. The van der Waals surface area contributed by atoms with Crippen molar-refractivity contribution in [1.82, 2.24) is 0 Å². The molecule has 0 atom stereocenters. The second-order valence-electron chi connectivity index (χ2n) is 2.31. The minimum absolute atomic E-state index is 0.575. The van der Waals surface area contributed by atoms with Gasteiger partial charge in [0.15, 0.2) is 0 Å². The van der Waals surface area contributed by atoms with Crippen molar-refractivity contribution >= 4 is 23.3 Å². The number of carbonyl (C=O) groups is 1. The lowest BCUT2D eigenvalue weighted by Crippen LogP contribution is -1.80. The molecule has 0 aliphatic rings. The van der Waals surface area contributed by atoms with Crippen LogP contribution in [0.25, 0.3) is 16.5 Å². The van der Waals surface area contributed by atoms with Gasteiger partial charge in [-0.25, -0.2) is 0 Å². The van der Waals surface area contributed by atoms with E-state index in [1.807, 2.05) is 19.1 Å². The molecule has 66 valence electrons. The Hall–Kier alpha value is -1.58. The van der Waals surface area contributed by atoms with Gasteiger partial charge in [-0.05, 0) is 41.9 Å². The van der Waals surface area contributed by atoms with Crippen LogP contribution in [-0.2, 0) is 4.79 Å². The zero-order valence-corrected chi connectivity index (χ0v) is 7.78. The zero-order chi connectivity index (χ0) is 9.68. The van der Waals surface area contributed by atoms with Gasteiger partial charge in [0, 0.05) is 14.7 Å². The summed E-state index contributed by atoms with van der Waals surface area (Å²) in [5.74, 6) is -0.575. The van der Waals surface area contributed by atoms with E-state index in [1.165, 1.54) is 11.0 Å². The number of aryl methyl sites for hydroxylation is 1. The Labute approximate surface area is 79.1 Å². The number of thiophene rings is 1. The average molecular weight is 193 g/mol. The van der Waals surface area contributed by atoms with E-state index < -0.39 is 5.91 Å². The van der Waals surface area contributed by atoms with Crippen LogP contribution in [-0.4, -0.2) is 5.91 Å². The van der Waals surface area contributed by atoms with E-state index in [2.05, 4.69) is 10.0 Å². The van der Waals surface area contributed by atoms with Gasteiger partial charge in [0.05, 0.1) is 0 Å². The fraction of sp³-hybridized carbons (Fsp3) is 0.125. The minimum Gasteiger partial charge on any atom is -0.288 e. The van der Waals surface area contributed by atoms with Gasteiger partial charge in [0.25, 0.3) is 0 Å². The molecule has 13 heavy (non-hydrogen) atoms. The number of carbonyl (C=O) groups excluding carboxylic acids is 1. The van der Waals surface area contributed by atoms with E-state index >= 15 is 0 Å². The predicted octanol–water partition coefficient (Wildman–Crippen LogP) is 2.91. The topological polar surface area (TPSA) is 65.8 Å². The molecule has 5 heteroatoms. The van der Waals surface area contributed by atoms with Crippen LogP contribution in [0.3, 0.4) is 0 Å². The van der Waals surface area contributed by atoms with Crippen LogP contribution >= 0.6 is 11.3 Å². The van der Waals surface area contributed by atoms with Gasteiger partial charge in [0.1, 0.15) is 0 Å². The van der Waals surface area contributed by atoms with Gasteiger partial charge in [-0.3, -0.25) is 4.79 Å². The number of amides is 1. The van der Waals surface area contributed by atoms with E-state index in [-0.39, 0.29) is 0 Å². The van der Waals surface area contributed by atoms with Crippen molar-refractivity contribution in [2.75, 3.05) is 0 Å². The van der Waals surface area contributed by atoms with Crippen molar-refractivity contribution in [3.05, 3.63) is 38.4 Å². The quantitative estimate of drug-likeness (QED) is 0.308. The number of hydrogen-bond donors (Lipinski definition) is 0. The molecular weight excluding hydrogens is 186 g/mol. The molecule has 1 rings (SSSR count). The number of azide groups is 1. The van der Waals surface area contributed by atoms with E-state index in [0.717, 1.165) is 4.88 Å². The van der Waals surface area contributed by atoms with Gasteiger partial charge in [-0.15, -0.1) is 11.3 Å². The SMILES string of the molecule is Cc1ccc(/C=C/C(=O)N=[N+]=[N-])s1. The molecular formula is C8H7N3OS. The maximum absolute atomic E-state index is 10.7. The Balaban J connectivity index is 2.68. The molecule has 1 amide bonds. The van der Waals surface area contributed by atoms with Crippen LogP contribution in [0.4, 0.5) is 0 Å². The van der Waals surface area contributed by atoms with E-state index in [4.69, 9.17) is 5.53 Å². The molecule has 0 N–H and O–H groups in total. The summed E-state index contributed by atoms with van der Waals surface area (Å²) in [4.78, 5) is 15.2. The van der Waals surface area contributed by atoms with E-state index in [0.29, 0.717) is 0 Å². The highest BCUT2D eigenvalue weighted by molar-refractivity contribution is 7.12. The molecule has 0 aliphatic carbocycles. The van der Waals surface area contributed by atoms with E-state index in [9.17, 15) is 4.79 Å². The lowest BCUT2D eigenvalue weighted by molar-refractivity contribution is -0.113. The van der Waals surface area contributed by atoms with Gasteiger partial charge in [-0.2, -0.15) is 0 Å². The molecule has 0 aliphatic heterocycles. The number of hydrogen-bond acceptors (Lipinski definition) is 2. The highest BCUT2D eigenvalue weighted by Gasteiger charge is 1.92. The summed E-state index contributed by atoms with van der Waals surface area (Å²) < 4.78 is 0. The normalized spacial score (nSPS) is 9.92. The standard InChI is InChI=1S/C8H7N3OS/c1-6-2-3-7(13-6)4-5-8(12)10-11-9/h2-5H,1H3/b5-4+. The fourth-order valence-electron chi connectivity index (χ4n) is 0.774. The van der Waals surface area contributed by atoms with Crippen molar-refractivity contribution in [1.29, 1.82) is 0 Å². The van der Waals surface area contributed by atoms with Crippen LogP contribution in [0.1, 0.15) is 9.75 Å². The minimum atomic E-state index is -0.575. The third-order valence-electron chi connectivity index (χ3n) is 1.29. The summed E-state index contributed by atoms with van der Waals surface area (Å²) in [6.45, 7) is 1.98. The van der Waals surface area contributed by atoms with Gasteiger partial charge >= 0.3 is 0 Å². The first kappa shape index (κ1) is 9.51. The summed E-state index contributed by atoms with van der Waals surface area (Å²) in [5, 5.41) is 2.91. The third kappa shape index (κ3) is 3.11. The van der Waals surface area contributed by atoms with Crippen molar-refractivity contribution in [2.45, 2.75) is 6.92 Å². The Bertz CT molecular complexity index is 388. The first-order valence-corrected chi connectivity index (χ1v) is 4.37. The first-order valence-electron chi connectivity index (χ1n) is 3.56. The molecule has 0 spiro atoms. The molecule has 0 saturated carbocycles. The molecule has 0 fully saturated rings. The lowest BCUT2D eigenvalue weighted by Gasteiger charge is -1.80. The van der Waals surface area contributed by atoms with Crippen LogP contribution in [0, 0.1) is 6.92 Å². The summed E-state index contributed by atoms with van der Waals surface area (Å²) in [6.07, 6.45) is 2.89. The van der Waals surface area contributed by atoms with Crippen LogP contribution in [0.5, 0.6) is 0 Å². The molecule has 4 nitrogen and oxygen atoms in total. The summed E-state index contributed by atoms with van der Waals surface area (Å²) in [6, 6.07) is 3.86. The summed E-state index contributed by atoms with van der Waals surface area (Å²) in [5.41, 5.74) is 7.94. The van der Waals surface area contributed by atoms with Crippen LogP contribution in [0.2, 0.25) is 0 Å². The number of nitrogens with zero attached hydrogens (tertiary/aromatic N) is 3. The molecule has 0 aromatic carbocycles. The molecule has 0 saturated heterocycles. The highest BCUT2D eigenvalue weighted by atomic mass is 32.1. The largest absolute Gasteiger partial charge is 0.288 e. The van der Waals surface area contributed by atoms with Crippen molar-refractivity contribution in [3.8, 4) is 0 Å². The molecule has 0 unspecified atom stereocenters. The van der Waals surface area contributed by atoms with Gasteiger partial charge in [0.2, 0.25) is 5.91 Å². The summed E-state index contributed by atoms with van der Waals surface area (Å²) >= 11 is 1.57. The smallest absolute Gasteiger partial charge is 0.242 e. The predicted molar refractivity (Wildman–Crippen MR) is 52.2 cm³/mol. The van der Waals surface area contributed by atoms with E-state index in [1.54, 1.807) is 17.4 Å². The molecule has 0 radical (unpaired) electrons.